The number of likely N-dealkylation sites (N-methyl/N-ethyl adjacent to an activating group) is 1. The minimum absolute atomic E-state index is 0.169. The monoisotopic (exact) mass is 299 g/mol. The van der Waals surface area contributed by atoms with Gasteiger partial charge >= 0.3 is 12.0 Å². The number of likely N-dealkylation sites (tertiary alicyclic amines) is 1. The van der Waals surface area contributed by atoms with Gasteiger partial charge in [0, 0.05) is 19.1 Å². The molecule has 2 amide bonds. The maximum Gasteiger partial charge on any atom is 0.317 e. The van der Waals surface area contributed by atoms with Crippen LogP contribution in [0.5, 0.6) is 0 Å². The number of carboxylic acid groups (broad SMARTS) is 1. The topological polar surface area (TPSA) is 82.1 Å². The lowest BCUT2D eigenvalue weighted by molar-refractivity contribution is -0.142. The highest BCUT2D eigenvalue weighted by atomic mass is 16.5. The first-order valence-electron chi connectivity index (χ1n) is 7.66. The van der Waals surface area contributed by atoms with E-state index in [-0.39, 0.29) is 19.2 Å². The summed E-state index contributed by atoms with van der Waals surface area (Å²) in [6, 6.07) is -0.199. The molecule has 0 radical (unpaired) electrons. The van der Waals surface area contributed by atoms with Gasteiger partial charge in [-0.2, -0.15) is 0 Å². The van der Waals surface area contributed by atoms with Crippen molar-refractivity contribution >= 4 is 12.0 Å². The SMILES string of the molecule is CCN(CC)C1CCN(C(=O)NC2COCC2C(=O)O)C1. The van der Waals surface area contributed by atoms with Crippen LogP contribution in [0.3, 0.4) is 0 Å². The van der Waals surface area contributed by atoms with Crippen molar-refractivity contribution in [2.45, 2.75) is 32.4 Å². The first-order chi connectivity index (χ1) is 10.1. The highest BCUT2D eigenvalue weighted by Gasteiger charge is 2.37. The number of carbonyl (C=O) groups excluding carboxylic acids is 1. The van der Waals surface area contributed by atoms with Gasteiger partial charge in [0.15, 0.2) is 0 Å². The van der Waals surface area contributed by atoms with Crippen LogP contribution in [0.4, 0.5) is 4.79 Å². The van der Waals surface area contributed by atoms with Gasteiger partial charge in [0.25, 0.3) is 0 Å². The summed E-state index contributed by atoms with van der Waals surface area (Å²) in [6.45, 7) is 8.08. The third-order valence-corrected chi connectivity index (χ3v) is 4.49. The molecule has 2 aliphatic heterocycles. The molecule has 0 saturated carbocycles. The van der Waals surface area contributed by atoms with Crippen molar-refractivity contribution in [3.63, 3.8) is 0 Å². The van der Waals surface area contributed by atoms with E-state index >= 15 is 0 Å². The summed E-state index contributed by atoms with van der Waals surface area (Å²) in [5, 5.41) is 11.9. The molecule has 7 nitrogen and oxygen atoms in total. The summed E-state index contributed by atoms with van der Waals surface area (Å²) < 4.78 is 5.17. The second kappa shape index (κ2) is 7.09. The fourth-order valence-electron chi connectivity index (χ4n) is 3.15. The number of amides is 2. The van der Waals surface area contributed by atoms with Crippen molar-refractivity contribution in [2.24, 2.45) is 5.92 Å². The second-order valence-electron chi connectivity index (χ2n) is 5.65. The Labute approximate surface area is 125 Å². The normalized spacial score (nSPS) is 29.1. The highest BCUT2D eigenvalue weighted by Crippen LogP contribution is 2.18. The zero-order valence-electron chi connectivity index (χ0n) is 12.7. The largest absolute Gasteiger partial charge is 0.481 e. The third-order valence-electron chi connectivity index (χ3n) is 4.49. The first kappa shape index (κ1) is 16.0. The summed E-state index contributed by atoms with van der Waals surface area (Å²) in [4.78, 5) is 27.5. The molecular formula is C14H25N3O4. The Morgan fingerprint density at radius 2 is 2.05 bits per heavy atom. The van der Waals surface area contributed by atoms with Crippen LogP contribution in [0.1, 0.15) is 20.3 Å². The van der Waals surface area contributed by atoms with Crippen molar-refractivity contribution < 1.29 is 19.4 Å². The smallest absolute Gasteiger partial charge is 0.317 e. The zero-order valence-corrected chi connectivity index (χ0v) is 12.7. The molecule has 2 heterocycles. The van der Waals surface area contributed by atoms with Crippen LogP contribution >= 0.6 is 0 Å². The molecule has 2 aliphatic rings. The number of hydrogen-bond donors (Lipinski definition) is 2. The predicted molar refractivity (Wildman–Crippen MR) is 77.2 cm³/mol. The predicted octanol–water partition coefficient (Wildman–Crippen LogP) is 0.212. The molecule has 0 aromatic heterocycles. The van der Waals surface area contributed by atoms with E-state index in [0.717, 1.165) is 26.1 Å². The fourth-order valence-corrected chi connectivity index (χ4v) is 3.15. The molecule has 21 heavy (non-hydrogen) atoms. The summed E-state index contributed by atoms with van der Waals surface area (Å²) in [6.07, 6.45) is 0.971. The molecule has 3 atom stereocenters. The Bertz CT molecular complexity index is 386. The van der Waals surface area contributed by atoms with Gasteiger partial charge in [-0.15, -0.1) is 0 Å². The third kappa shape index (κ3) is 3.65. The highest BCUT2D eigenvalue weighted by molar-refractivity contribution is 5.77. The average molecular weight is 299 g/mol. The van der Waals surface area contributed by atoms with Gasteiger partial charge < -0.3 is 20.1 Å². The van der Waals surface area contributed by atoms with E-state index in [4.69, 9.17) is 9.84 Å². The van der Waals surface area contributed by atoms with Crippen LogP contribution in [-0.4, -0.2) is 78.4 Å². The van der Waals surface area contributed by atoms with E-state index in [1.807, 2.05) is 0 Å². The molecule has 7 heteroatoms. The molecule has 0 aromatic rings. The molecule has 0 aliphatic carbocycles. The zero-order chi connectivity index (χ0) is 15.4. The molecule has 120 valence electrons. The molecule has 0 aromatic carbocycles. The number of hydrogen-bond acceptors (Lipinski definition) is 4. The van der Waals surface area contributed by atoms with Crippen LogP contribution in [0.2, 0.25) is 0 Å². The number of nitrogens with one attached hydrogen (secondary N) is 1. The Balaban J connectivity index is 1.86. The lowest BCUT2D eigenvalue weighted by Crippen LogP contribution is -2.49. The summed E-state index contributed by atoms with van der Waals surface area (Å²) in [5.41, 5.74) is 0. The fraction of sp³-hybridized carbons (Fsp3) is 0.857. The van der Waals surface area contributed by atoms with Gasteiger partial charge in [-0.1, -0.05) is 13.8 Å². The second-order valence-corrected chi connectivity index (χ2v) is 5.65. The maximum absolute atomic E-state index is 12.3. The van der Waals surface area contributed by atoms with Crippen LogP contribution in [0.25, 0.3) is 0 Å². The van der Waals surface area contributed by atoms with Crippen molar-refractivity contribution in [1.29, 1.82) is 0 Å². The molecule has 2 rings (SSSR count). The summed E-state index contributed by atoms with van der Waals surface area (Å²) in [7, 11) is 0. The number of urea groups is 1. The number of aliphatic carboxylic acids is 1. The van der Waals surface area contributed by atoms with Gasteiger partial charge in [0.1, 0.15) is 5.92 Å². The Morgan fingerprint density at radius 1 is 1.33 bits per heavy atom. The molecule has 0 spiro atoms. The lowest BCUT2D eigenvalue weighted by Gasteiger charge is -2.26. The van der Waals surface area contributed by atoms with Crippen molar-refractivity contribution in [2.75, 3.05) is 39.4 Å². The van der Waals surface area contributed by atoms with Crippen LogP contribution in [0, 0.1) is 5.92 Å². The molecule has 3 unspecified atom stereocenters. The van der Waals surface area contributed by atoms with E-state index in [0.29, 0.717) is 12.6 Å². The number of carbonyl (C=O) groups is 2. The van der Waals surface area contributed by atoms with Crippen LogP contribution < -0.4 is 5.32 Å². The van der Waals surface area contributed by atoms with Crippen LogP contribution in [0.15, 0.2) is 0 Å². The minimum Gasteiger partial charge on any atom is -0.481 e. The van der Waals surface area contributed by atoms with Gasteiger partial charge in [0.2, 0.25) is 0 Å². The van der Waals surface area contributed by atoms with Crippen molar-refractivity contribution in [3.8, 4) is 0 Å². The van der Waals surface area contributed by atoms with E-state index in [1.54, 1.807) is 4.90 Å². The standard InChI is InChI=1S/C14H25N3O4/c1-3-16(4-2)10-5-6-17(7-10)14(20)15-12-9-21-8-11(12)13(18)19/h10-12H,3-9H2,1-2H3,(H,15,20)(H,18,19). The van der Waals surface area contributed by atoms with Crippen molar-refractivity contribution in [1.82, 2.24) is 15.1 Å². The molecule has 2 fully saturated rings. The Kier molecular flexibility index (Phi) is 5.41. The Morgan fingerprint density at radius 3 is 2.67 bits per heavy atom. The number of ether oxygens (including phenoxy) is 1. The summed E-state index contributed by atoms with van der Waals surface area (Å²) in [5.74, 6) is -1.56. The number of rotatable bonds is 5. The first-order valence-corrected chi connectivity index (χ1v) is 7.66. The van der Waals surface area contributed by atoms with Gasteiger partial charge in [-0.25, -0.2) is 4.79 Å². The maximum atomic E-state index is 12.3. The van der Waals surface area contributed by atoms with E-state index in [9.17, 15) is 9.59 Å². The van der Waals surface area contributed by atoms with E-state index in [2.05, 4.69) is 24.1 Å². The molecular weight excluding hydrogens is 274 g/mol. The lowest BCUT2D eigenvalue weighted by atomic mass is 10.0. The van der Waals surface area contributed by atoms with Crippen LogP contribution in [-0.2, 0) is 9.53 Å². The number of carboxylic acids is 1. The molecule has 2 N–H and O–H groups in total. The molecule has 0 bridgehead atoms. The quantitative estimate of drug-likeness (QED) is 0.758. The van der Waals surface area contributed by atoms with Gasteiger partial charge in [-0.05, 0) is 19.5 Å². The van der Waals surface area contributed by atoms with E-state index < -0.39 is 17.9 Å². The molecule has 2 saturated heterocycles. The Hall–Kier alpha value is -1.34. The number of nitrogens with zero attached hydrogens (tertiary/aromatic N) is 2. The summed E-state index contributed by atoms with van der Waals surface area (Å²) >= 11 is 0. The van der Waals surface area contributed by atoms with Gasteiger partial charge in [0.05, 0.1) is 19.3 Å². The minimum atomic E-state index is -0.916. The van der Waals surface area contributed by atoms with E-state index in [1.165, 1.54) is 0 Å². The van der Waals surface area contributed by atoms with Gasteiger partial charge in [-0.3, -0.25) is 9.69 Å². The average Bonchev–Trinajstić information content (AvgIpc) is 3.09. The van der Waals surface area contributed by atoms with Crippen molar-refractivity contribution in [3.05, 3.63) is 0 Å².